The number of hydrogen-bond acceptors (Lipinski definition) is 4. The first-order valence-electron chi connectivity index (χ1n) is 10.2. The number of fused-ring (bicyclic) bond motifs is 5. The summed E-state index contributed by atoms with van der Waals surface area (Å²) in [4.78, 5) is 40.7. The second-order valence-corrected chi connectivity index (χ2v) is 10.9. The molecule has 0 aromatic heterocycles. The Balaban J connectivity index is 1.36. The summed E-state index contributed by atoms with van der Waals surface area (Å²) in [6, 6.07) is 11.4. The molecule has 6 atom stereocenters. The van der Waals surface area contributed by atoms with Gasteiger partial charge in [-0.3, -0.25) is 19.3 Å². The van der Waals surface area contributed by atoms with Gasteiger partial charge in [0, 0.05) is 20.2 Å². The van der Waals surface area contributed by atoms with Gasteiger partial charge < -0.3 is 10.1 Å². The van der Waals surface area contributed by atoms with Gasteiger partial charge >= 0.3 is 0 Å². The Morgan fingerprint density at radius 2 is 1.62 bits per heavy atom. The SMILES string of the molecule is COc1ccc(Cl)cc1NC(=O)c1ccc(N2C(=O)[C@@H]3[C@H]4C[C@@H]([C@H](Br)[C@H]4Br)[C@H]3C2=O)cc1. The van der Waals surface area contributed by atoms with Crippen molar-refractivity contribution in [3.05, 3.63) is 53.1 Å². The van der Waals surface area contributed by atoms with Gasteiger partial charge in [0.15, 0.2) is 0 Å². The van der Waals surface area contributed by atoms with Crippen LogP contribution in [0.4, 0.5) is 11.4 Å². The van der Waals surface area contributed by atoms with Crippen LogP contribution in [0, 0.1) is 23.7 Å². The third-order valence-corrected chi connectivity index (χ3v) is 10.2. The fraction of sp³-hybridized carbons (Fsp3) is 0.348. The highest BCUT2D eigenvalue weighted by molar-refractivity contribution is 9.12. The summed E-state index contributed by atoms with van der Waals surface area (Å²) in [7, 11) is 1.51. The first kappa shape index (κ1) is 21.9. The molecule has 3 aliphatic rings. The molecule has 0 radical (unpaired) electrons. The van der Waals surface area contributed by atoms with Crippen molar-refractivity contribution in [2.24, 2.45) is 23.7 Å². The molecule has 3 amide bonds. The van der Waals surface area contributed by atoms with Crippen LogP contribution in [-0.2, 0) is 9.59 Å². The number of ether oxygens (including phenoxy) is 1. The van der Waals surface area contributed by atoms with Crippen molar-refractivity contribution in [1.29, 1.82) is 0 Å². The van der Waals surface area contributed by atoms with Gasteiger partial charge in [0.05, 0.1) is 30.3 Å². The highest BCUT2D eigenvalue weighted by Crippen LogP contribution is 2.60. The van der Waals surface area contributed by atoms with E-state index in [2.05, 4.69) is 37.2 Å². The van der Waals surface area contributed by atoms with Gasteiger partial charge in [0.1, 0.15) is 5.75 Å². The smallest absolute Gasteiger partial charge is 0.255 e. The summed E-state index contributed by atoms with van der Waals surface area (Å²) in [5.74, 6) is -0.371. The van der Waals surface area contributed by atoms with Gasteiger partial charge in [0.2, 0.25) is 11.8 Å². The van der Waals surface area contributed by atoms with Crippen molar-refractivity contribution in [2.45, 2.75) is 16.1 Å². The number of hydrogen-bond donors (Lipinski definition) is 1. The van der Waals surface area contributed by atoms with Gasteiger partial charge in [-0.25, -0.2) is 0 Å². The molecule has 3 fully saturated rings. The van der Waals surface area contributed by atoms with Crippen LogP contribution in [0.15, 0.2) is 42.5 Å². The van der Waals surface area contributed by atoms with E-state index in [0.29, 0.717) is 27.7 Å². The summed E-state index contributed by atoms with van der Waals surface area (Å²) in [6.45, 7) is 0. The van der Waals surface area contributed by atoms with Crippen LogP contribution >= 0.6 is 43.5 Å². The molecular formula is C23H19Br2ClN2O4. The minimum absolute atomic E-state index is 0.141. The Hall–Kier alpha value is -1.90. The quantitative estimate of drug-likeness (QED) is 0.412. The number of alkyl halides is 2. The van der Waals surface area contributed by atoms with E-state index >= 15 is 0 Å². The topological polar surface area (TPSA) is 75.7 Å². The van der Waals surface area contributed by atoms with Crippen LogP contribution in [0.1, 0.15) is 16.8 Å². The fourth-order valence-corrected chi connectivity index (χ4v) is 7.38. The predicted octanol–water partition coefficient (Wildman–Crippen LogP) is 4.88. The number of rotatable bonds is 4. The molecule has 0 unspecified atom stereocenters. The second-order valence-electron chi connectivity index (χ2n) is 8.36. The lowest BCUT2D eigenvalue weighted by Gasteiger charge is -2.28. The number of methoxy groups -OCH3 is 1. The fourth-order valence-electron chi connectivity index (χ4n) is 5.34. The van der Waals surface area contributed by atoms with Crippen molar-refractivity contribution in [1.82, 2.24) is 0 Å². The number of imide groups is 1. The second kappa shape index (κ2) is 8.15. The predicted molar refractivity (Wildman–Crippen MR) is 129 cm³/mol. The molecule has 6 nitrogen and oxygen atoms in total. The number of carbonyl (C=O) groups excluding carboxylic acids is 3. The Morgan fingerprint density at radius 3 is 2.19 bits per heavy atom. The van der Waals surface area contributed by atoms with Gasteiger partial charge in [-0.05, 0) is 60.7 Å². The Bertz CT molecular complexity index is 1090. The number of amides is 3. The lowest BCUT2D eigenvalue weighted by molar-refractivity contribution is -0.123. The third kappa shape index (κ3) is 3.30. The minimum Gasteiger partial charge on any atom is -0.495 e. The molecular weight excluding hydrogens is 564 g/mol. The van der Waals surface area contributed by atoms with Crippen LogP contribution in [-0.4, -0.2) is 34.5 Å². The average Bonchev–Trinajstić information content (AvgIpc) is 3.39. The molecule has 1 aliphatic heterocycles. The van der Waals surface area contributed by atoms with Crippen LogP contribution < -0.4 is 15.0 Å². The maximum Gasteiger partial charge on any atom is 0.255 e. The average molecular weight is 583 g/mol. The number of nitrogens with zero attached hydrogens (tertiary/aromatic N) is 1. The summed E-state index contributed by atoms with van der Waals surface area (Å²) >= 11 is 13.4. The zero-order valence-corrected chi connectivity index (χ0v) is 20.9. The van der Waals surface area contributed by atoms with E-state index in [1.807, 2.05) is 0 Å². The summed E-state index contributed by atoms with van der Waals surface area (Å²) in [5.41, 5.74) is 1.33. The molecule has 9 heteroatoms. The largest absolute Gasteiger partial charge is 0.495 e. The van der Waals surface area contributed by atoms with Crippen LogP contribution in [0.25, 0.3) is 0 Å². The van der Waals surface area contributed by atoms with Gasteiger partial charge in [-0.2, -0.15) is 0 Å². The van der Waals surface area contributed by atoms with Crippen molar-refractivity contribution >= 4 is 72.6 Å². The third-order valence-electron chi connectivity index (χ3n) is 6.78. The molecule has 2 aromatic carbocycles. The van der Waals surface area contributed by atoms with E-state index in [9.17, 15) is 14.4 Å². The molecule has 2 aliphatic carbocycles. The van der Waals surface area contributed by atoms with E-state index in [1.165, 1.54) is 12.0 Å². The lowest BCUT2D eigenvalue weighted by Crippen LogP contribution is -2.37. The van der Waals surface area contributed by atoms with Crippen molar-refractivity contribution in [3.8, 4) is 5.75 Å². The molecule has 2 saturated carbocycles. The maximum atomic E-state index is 13.2. The van der Waals surface area contributed by atoms with Crippen molar-refractivity contribution in [3.63, 3.8) is 0 Å². The molecule has 2 bridgehead atoms. The summed E-state index contributed by atoms with van der Waals surface area (Å²) < 4.78 is 5.26. The standard InChI is InChI=1S/C23H19Br2ClN2O4/c1-32-16-7-4-11(26)8-15(16)27-21(29)10-2-5-12(6-3-10)28-22(30)17-13-9-14(18(17)23(28)31)20(25)19(13)24/h2-8,13-14,17-20H,9H2,1H3,(H,27,29)/t13-,14-,17-,18-,19+,20+/m1/s1. The van der Waals surface area contributed by atoms with E-state index in [1.54, 1.807) is 42.5 Å². The molecule has 166 valence electrons. The van der Waals surface area contributed by atoms with E-state index < -0.39 is 0 Å². The van der Waals surface area contributed by atoms with E-state index in [-0.39, 0.29) is 51.0 Å². The Kier molecular flexibility index (Phi) is 5.58. The lowest BCUT2D eigenvalue weighted by atomic mass is 9.81. The van der Waals surface area contributed by atoms with Gasteiger partial charge in [-0.1, -0.05) is 43.5 Å². The zero-order valence-electron chi connectivity index (χ0n) is 16.9. The maximum absolute atomic E-state index is 13.2. The highest BCUT2D eigenvalue weighted by Gasteiger charge is 2.66. The number of benzene rings is 2. The Morgan fingerprint density at radius 1 is 1.03 bits per heavy atom. The monoisotopic (exact) mass is 580 g/mol. The number of halogens is 3. The number of anilines is 2. The van der Waals surface area contributed by atoms with Gasteiger partial charge in [-0.15, -0.1) is 0 Å². The summed E-state index contributed by atoms with van der Waals surface area (Å²) in [6.07, 6.45) is 0.887. The summed E-state index contributed by atoms with van der Waals surface area (Å²) in [5, 5.41) is 3.25. The van der Waals surface area contributed by atoms with Crippen LogP contribution in [0.2, 0.25) is 5.02 Å². The first-order valence-corrected chi connectivity index (χ1v) is 12.4. The molecule has 1 saturated heterocycles. The van der Waals surface area contributed by atoms with E-state index in [0.717, 1.165) is 6.42 Å². The molecule has 1 heterocycles. The van der Waals surface area contributed by atoms with Gasteiger partial charge in [0.25, 0.3) is 5.91 Å². The first-order chi connectivity index (χ1) is 15.3. The number of nitrogens with one attached hydrogen (secondary N) is 1. The molecule has 5 rings (SSSR count). The Labute approximate surface area is 206 Å². The molecule has 1 N–H and O–H groups in total. The van der Waals surface area contributed by atoms with Crippen molar-refractivity contribution in [2.75, 3.05) is 17.3 Å². The van der Waals surface area contributed by atoms with Crippen molar-refractivity contribution < 1.29 is 19.1 Å². The highest BCUT2D eigenvalue weighted by atomic mass is 79.9. The molecule has 2 aromatic rings. The molecule has 32 heavy (non-hydrogen) atoms. The van der Waals surface area contributed by atoms with Crippen LogP contribution in [0.3, 0.4) is 0 Å². The zero-order chi connectivity index (χ0) is 22.7. The minimum atomic E-state index is -0.352. The van der Waals surface area contributed by atoms with E-state index in [4.69, 9.17) is 16.3 Å². The molecule has 0 spiro atoms. The normalized spacial score (nSPS) is 30.6. The van der Waals surface area contributed by atoms with Crippen LogP contribution in [0.5, 0.6) is 5.75 Å². The number of carbonyl (C=O) groups is 3.